The van der Waals surface area contributed by atoms with Crippen molar-refractivity contribution >= 4 is 67.4 Å². The summed E-state index contributed by atoms with van der Waals surface area (Å²) in [5.41, 5.74) is 1.49. The first-order valence-corrected chi connectivity index (χ1v) is 9.47. The molecule has 8 heteroatoms. The monoisotopic (exact) mass is 458 g/mol. The van der Waals surface area contributed by atoms with Gasteiger partial charge in [0.05, 0.1) is 19.5 Å². The second-order valence-corrected chi connectivity index (χ2v) is 8.07. The summed E-state index contributed by atoms with van der Waals surface area (Å²) in [7, 11) is 0. The Morgan fingerprint density at radius 1 is 1.35 bits per heavy atom. The average molecular weight is 458 g/mol. The Morgan fingerprint density at radius 3 is 2.87 bits per heavy atom. The molecule has 0 amide bonds. The van der Waals surface area contributed by atoms with Gasteiger partial charge >= 0.3 is 0 Å². The molecule has 1 aromatic heterocycles. The first-order chi connectivity index (χ1) is 11.0. The summed E-state index contributed by atoms with van der Waals surface area (Å²) in [6.45, 7) is 0. The molecular weight excluding hydrogens is 447 g/mol. The van der Waals surface area contributed by atoms with Crippen LogP contribution in [0.25, 0.3) is 10.2 Å². The molecule has 0 fully saturated rings. The number of carbonyl (C=O) groups excluding carboxylic acids is 1. The van der Waals surface area contributed by atoms with Gasteiger partial charge in [-0.2, -0.15) is 5.23 Å². The normalized spacial score (nSPS) is 12.5. The maximum Gasteiger partial charge on any atom is 0.177 e. The van der Waals surface area contributed by atoms with Crippen LogP contribution in [0.4, 0.5) is 5.69 Å². The van der Waals surface area contributed by atoms with E-state index in [1.807, 2.05) is 46.9 Å². The molecule has 0 aliphatic heterocycles. The summed E-state index contributed by atoms with van der Waals surface area (Å²) >= 11 is 4.87. The predicted molar refractivity (Wildman–Crippen MR) is 99.6 cm³/mol. The Balaban J connectivity index is 1.73. The summed E-state index contributed by atoms with van der Waals surface area (Å²) in [6.07, 6.45) is 0. The van der Waals surface area contributed by atoms with E-state index in [9.17, 15) is 10.0 Å². The van der Waals surface area contributed by atoms with E-state index in [0.29, 0.717) is 9.13 Å². The first kappa shape index (κ1) is 16.8. The van der Waals surface area contributed by atoms with Crippen molar-refractivity contribution in [2.45, 2.75) is 4.34 Å². The first-order valence-electron chi connectivity index (χ1n) is 6.59. The molecule has 3 rings (SSSR count). The summed E-state index contributed by atoms with van der Waals surface area (Å²) in [5, 5.41) is 19.3. The number of Topliss-reactive ketones (excluding diaryl/α,β-unsaturated/α-hetero) is 1. The smallest absolute Gasteiger partial charge is 0.177 e. The van der Waals surface area contributed by atoms with Gasteiger partial charge in [-0.25, -0.2) is 10.2 Å². The quantitative estimate of drug-likeness (QED) is 0.266. The zero-order valence-corrected chi connectivity index (χ0v) is 15.4. The van der Waals surface area contributed by atoms with Crippen molar-refractivity contribution in [3.05, 3.63) is 56.8 Å². The number of thioether (sulfide) groups is 1. The lowest BCUT2D eigenvalue weighted by atomic mass is 10.1. The minimum Gasteiger partial charge on any atom is -0.595 e. The molecule has 0 aliphatic rings. The molecule has 0 radical (unpaired) electrons. The number of ketones is 1. The lowest BCUT2D eigenvalue weighted by molar-refractivity contribution is -0.991. The number of hydrogen-bond donors (Lipinski definition) is 2. The van der Waals surface area contributed by atoms with Crippen LogP contribution in [0.2, 0.25) is 0 Å². The third-order valence-corrected chi connectivity index (χ3v) is 6.24. The lowest BCUT2D eigenvalue weighted by Crippen LogP contribution is -2.99. The van der Waals surface area contributed by atoms with Crippen molar-refractivity contribution in [3.8, 4) is 0 Å². The van der Waals surface area contributed by atoms with Gasteiger partial charge in [0.15, 0.2) is 15.8 Å². The van der Waals surface area contributed by atoms with Gasteiger partial charge < -0.3 is 5.21 Å². The van der Waals surface area contributed by atoms with E-state index in [1.165, 1.54) is 17.8 Å². The topological polar surface area (TPSA) is 77.7 Å². The largest absolute Gasteiger partial charge is 0.595 e. The predicted octanol–water partition coefficient (Wildman–Crippen LogP) is 3.28. The molecule has 2 N–H and O–H groups in total. The molecule has 2 aromatic carbocycles. The number of fused-ring (bicyclic) bond motifs is 1. The van der Waals surface area contributed by atoms with Gasteiger partial charge in [0, 0.05) is 11.6 Å². The summed E-state index contributed by atoms with van der Waals surface area (Å²) in [4.78, 5) is 16.8. The van der Waals surface area contributed by atoms with Crippen molar-refractivity contribution in [2.24, 2.45) is 0 Å². The van der Waals surface area contributed by atoms with E-state index in [-0.39, 0.29) is 17.2 Å². The van der Waals surface area contributed by atoms with Crippen LogP contribution in [0.1, 0.15) is 10.4 Å². The van der Waals surface area contributed by atoms with Crippen LogP contribution in [0, 0.1) is 8.78 Å². The number of benzene rings is 2. The number of thiazole rings is 1. The number of para-hydroxylation sites is 1. The molecule has 23 heavy (non-hydrogen) atoms. The van der Waals surface area contributed by atoms with Gasteiger partial charge in [-0.05, 0) is 46.9 Å². The SMILES string of the molecule is O=C(CSc1nc2ccccc2s1)c1ccc(I)c([NH+]([O-])O)c1. The van der Waals surface area contributed by atoms with Crippen LogP contribution < -0.4 is 5.23 Å². The van der Waals surface area contributed by atoms with Crippen LogP contribution in [-0.2, 0) is 0 Å². The number of rotatable bonds is 5. The number of aromatic nitrogens is 1. The van der Waals surface area contributed by atoms with Crippen molar-refractivity contribution in [1.29, 1.82) is 0 Å². The Labute approximate surface area is 154 Å². The fourth-order valence-electron chi connectivity index (χ4n) is 1.99. The van der Waals surface area contributed by atoms with Gasteiger partial charge in [0.2, 0.25) is 0 Å². The van der Waals surface area contributed by atoms with Crippen LogP contribution in [0.15, 0.2) is 46.8 Å². The van der Waals surface area contributed by atoms with Crippen molar-refractivity contribution in [1.82, 2.24) is 4.98 Å². The number of nitrogens with zero attached hydrogens (tertiary/aromatic N) is 1. The number of nitrogens with one attached hydrogen (secondary N) is 1. The standard InChI is InChI=1S/C15H11IN2O3S2/c16-10-6-5-9(7-12(10)18(20)21)13(19)8-22-15-17-11-3-1-2-4-14(11)23-15/h1-7,18,20H,8H2. The molecule has 1 unspecified atom stereocenters. The number of carbonyl (C=O) groups is 1. The van der Waals surface area contributed by atoms with Crippen molar-refractivity contribution in [2.75, 3.05) is 5.75 Å². The maximum atomic E-state index is 12.3. The van der Waals surface area contributed by atoms with Crippen LogP contribution >= 0.6 is 45.7 Å². The van der Waals surface area contributed by atoms with E-state index in [2.05, 4.69) is 4.98 Å². The highest BCUT2D eigenvalue weighted by Crippen LogP contribution is 2.29. The fraction of sp³-hybridized carbons (Fsp3) is 0.0667. The molecule has 1 heterocycles. The molecule has 1 atom stereocenters. The minimum atomic E-state index is -1.03. The number of hydrogen-bond acceptors (Lipinski definition) is 6. The third kappa shape index (κ3) is 3.90. The summed E-state index contributed by atoms with van der Waals surface area (Å²) in [6, 6.07) is 12.6. The van der Waals surface area contributed by atoms with Gasteiger partial charge in [-0.3, -0.25) is 4.79 Å². The van der Waals surface area contributed by atoms with E-state index >= 15 is 0 Å². The molecule has 3 aromatic rings. The second-order valence-electron chi connectivity index (χ2n) is 4.66. The van der Waals surface area contributed by atoms with Gasteiger partial charge in [0.1, 0.15) is 0 Å². The summed E-state index contributed by atoms with van der Waals surface area (Å²) in [5.74, 6) is 0.132. The van der Waals surface area contributed by atoms with E-state index in [1.54, 1.807) is 23.5 Å². The Bertz CT molecular complexity index is 834. The van der Waals surface area contributed by atoms with Gasteiger partial charge in [0.25, 0.3) is 0 Å². The molecule has 0 bridgehead atoms. The zero-order valence-electron chi connectivity index (χ0n) is 11.7. The molecule has 0 aliphatic carbocycles. The Morgan fingerprint density at radius 2 is 2.13 bits per heavy atom. The highest BCUT2D eigenvalue weighted by molar-refractivity contribution is 14.1. The minimum absolute atomic E-state index is 0.104. The molecule has 0 saturated heterocycles. The number of halogens is 1. The molecule has 118 valence electrons. The van der Waals surface area contributed by atoms with Crippen molar-refractivity contribution < 1.29 is 15.2 Å². The Hall–Kier alpha value is -1.04. The average Bonchev–Trinajstić information content (AvgIpc) is 2.95. The fourth-order valence-corrected chi connectivity index (χ4v) is 4.52. The van der Waals surface area contributed by atoms with Gasteiger partial charge in [-0.15, -0.1) is 11.3 Å². The van der Waals surface area contributed by atoms with E-state index in [0.717, 1.165) is 14.6 Å². The van der Waals surface area contributed by atoms with E-state index in [4.69, 9.17) is 5.21 Å². The van der Waals surface area contributed by atoms with Gasteiger partial charge in [-0.1, -0.05) is 23.9 Å². The zero-order chi connectivity index (χ0) is 16.4. The highest BCUT2D eigenvalue weighted by atomic mass is 127. The molecular formula is C15H11IN2O3S2. The third-order valence-electron chi connectivity index (χ3n) is 3.12. The summed E-state index contributed by atoms with van der Waals surface area (Å²) < 4.78 is 2.54. The number of quaternary nitrogens is 1. The second kappa shape index (κ2) is 7.24. The van der Waals surface area contributed by atoms with Crippen LogP contribution in [-0.4, -0.2) is 21.7 Å². The van der Waals surface area contributed by atoms with Crippen molar-refractivity contribution in [3.63, 3.8) is 0 Å². The highest BCUT2D eigenvalue weighted by Gasteiger charge is 2.14. The van der Waals surface area contributed by atoms with Crippen LogP contribution in [0.3, 0.4) is 0 Å². The molecule has 5 nitrogen and oxygen atoms in total. The Kier molecular flexibility index (Phi) is 5.29. The molecule has 0 spiro atoms. The van der Waals surface area contributed by atoms with Crippen LogP contribution in [0.5, 0.6) is 0 Å². The van der Waals surface area contributed by atoms with E-state index < -0.39 is 5.23 Å². The molecule has 0 saturated carbocycles. The lowest BCUT2D eigenvalue weighted by Gasteiger charge is -2.13. The maximum absolute atomic E-state index is 12.3.